The number of halogens is 1. The van der Waals surface area contributed by atoms with Gasteiger partial charge in [-0.25, -0.2) is 8.42 Å². The molecule has 7 nitrogen and oxygen atoms in total. The van der Waals surface area contributed by atoms with Crippen molar-refractivity contribution in [1.82, 2.24) is 9.62 Å². The molecule has 1 aliphatic heterocycles. The van der Waals surface area contributed by atoms with E-state index < -0.39 is 10.0 Å². The Hall–Kier alpha value is -2.38. The minimum atomic E-state index is -3.57. The van der Waals surface area contributed by atoms with Gasteiger partial charge in [-0.3, -0.25) is 4.79 Å². The summed E-state index contributed by atoms with van der Waals surface area (Å²) >= 11 is 3.37. The molecule has 3 rings (SSSR count). The lowest BCUT2D eigenvalue weighted by molar-refractivity contribution is 0.0730. The molecular formula is C21H21BrN2O5S. The minimum absolute atomic E-state index is 0.158. The van der Waals surface area contributed by atoms with Crippen molar-refractivity contribution in [3.8, 4) is 17.6 Å². The fourth-order valence-electron chi connectivity index (χ4n) is 2.73. The fourth-order valence-corrected chi connectivity index (χ4v) is 4.52. The molecule has 1 amide bonds. The third-order valence-electron chi connectivity index (χ3n) is 4.29. The van der Waals surface area contributed by atoms with Gasteiger partial charge in [-0.2, -0.15) is 4.31 Å². The third-order valence-corrected chi connectivity index (χ3v) is 6.70. The number of rotatable bonds is 6. The monoisotopic (exact) mass is 492 g/mol. The van der Waals surface area contributed by atoms with Crippen LogP contribution in [0.5, 0.6) is 5.75 Å². The SMILES string of the molecule is O=C(NCC#CCOc1cccc(Br)c1)c1ccc(S(=O)(=O)N2CCOCC2)cc1. The maximum atomic E-state index is 12.6. The largest absolute Gasteiger partial charge is 0.481 e. The number of morpholine rings is 1. The van der Waals surface area contributed by atoms with Gasteiger partial charge in [0.25, 0.3) is 5.91 Å². The van der Waals surface area contributed by atoms with Crippen molar-refractivity contribution in [1.29, 1.82) is 0 Å². The molecule has 0 unspecified atom stereocenters. The van der Waals surface area contributed by atoms with E-state index in [0.717, 1.165) is 4.47 Å². The lowest BCUT2D eigenvalue weighted by Crippen LogP contribution is -2.40. The van der Waals surface area contributed by atoms with Gasteiger partial charge >= 0.3 is 0 Å². The number of carbonyl (C=O) groups excluding carboxylic acids is 1. The van der Waals surface area contributed by atoms with E-state index in [2.05, 4.69) is 33.1 Å². The van der Waals surface area contributed by atoms with E-state index in [0.29, 0.717) is 37.6 Å². The van der Waals surface area contributed by atoms with Gasteiger partial charge in [0.2, 0.25) is 10.0 Å². The van der Waals surface area contributed by atoms with Crippen LogP contribution in [0.1, 0.15) is 10.4 Å². The molecular weight excluding hydrogens is 472 g/mol. The normalized spacial score (nSPS) is 14.4. The highest BCUT2D eigenvalue weighted by Gasteiger charge is 2.26. The Kier molecular flexibility index (Phi) is 7.87. The Balaban J connectivity index is 1.48. The number of carbonyl (C=O) groups is 1. The number of ether oxygens (including phenoxy) is 2. The van der Waals surface area contributed by atoms with Crippen LogP contribution in [-0.2, 0) is 14.8 Å². The van der Waals surface area contributed by atoms with E-state index >= 15 is 0 Å². The molecule has 0 radical (unpaired) electrons. The predicted octanol–water partition coefficient (Wildman–Crippen LogP) is 2.28. The molecule has 0 bridgehead atoms. The van der Waals surface area contributed by atoms with Gasteiger partial charge in [0.1, 0.15) is 12.4 Å². The standard InChI is InChI=1S/C21H21BrN2O5S/c22-18-4-3-5-19(16-18)29-13-2-1-10-23-21(25)17-6-8-20(9-7-17)30(26,27)24-11-14-28-15-12-24/h3-9,16H,10-15H2,(H,23,25). The van der Waals surface area contributed by atoms with Crippen LogP contribution in [0.3, 0.4) is 0 Å². The van der Waals surface area contributed by atoms with Gasteiger partial charge in [-0.1, -0.05) is 33.8 Å². The zero-order valence-corrected chi connectivity index (χ0v) is 18.5. The van der Waals surface area contributed by atoms with Gasteiger partial charge in [0.05, 0.1) is 24.7 Å². The summed E-state index contributed by atoms with van der Waals surface area (Å²) in [5.41, 5.74) is 0.364. The molecule has 1 fully saturated rings. The summed E-state index contributed by atoms with van der Waals surface area (Å²) in [4.78, 5) is 12.4. The van der Waals surface area contributed by atoms with Gasteiger partial charge < -0.3 is 14.8 Å². The summed E-state index contributed by atoms with van der Waals surface area (Å²) < 4.78 is 38.2. The summed E-state index contributed by atoms with van der Waals surface area (Å²) in [7, 11) is -3.57. The molecule has 0 aliphatic carbocycles. The van der Waals surface area contributed by atoms with Crippen molar-refractivity contribution in [2.75, 3.05) is 39.5 Å². The van der Waals surface area contributed by atoms with E-state index in [9.17, 15) is 13.2 Å². The summed E-state index contributed by atoms with van der Waals surface area (Å²) in [5, 5.41) is 2.68. The van der Waals surface area contributed by atoms with Crippen LogP contribution in [0.4, 0.5) is 0 Å². The maximum Gasteiger partial charge on any atom is 0.252 e. The van der Waals surface area contributed by atoms with E-state index in [-0.39, 0.29) is 24.0 Å². The molecule has 0 aromatic heterocycles. The van der Waals surface area contributed by atoms with Gasteiger partial charge in [-0.15, -0.1) is 0 Å². The van der Waals surface area contributed by atoms with Crippen molar-refractivity contribution in [3.05, 3.63) is 58.6 Å². The van der Waals surface area contributed by atoms with Crippen LogP contribution in [0, 0.1) is 11.8 Å². The van der Waals surface area contributed by atoms with E-state index in [1.165, 1.54) is 28.6 Å². The number of hydrogen-bond donors (Lipinski definition) is 1. The predicted molar refractivity (Wildman–Crippen MR) is 116 cm³/mol. The maximum absolute atomic E-state index is 12.6. The molecule has 0 atom stereocenters. The first-order chi connectivity index (χ1) is 14.5. The molecule has 158 valence electrons. The van der Waals surface area contributed by atoms with Crippen LogP contribution < -0.4 is 10.1 Å². The van der Waals surface area contributed by atoms with E-state index in [1.807, 2.05) is 24.3 Å². The van der Waals surface area contributed by atoms with Crippen LogP contribution in [0.25, 0.3) is 0 Å². The topological polar surface area (TPSA) is 84.9 Å². The second-order valence-electron chi connectivity index (χ2n) is 6.32. The number of nitrogens with one attached hydrogen (secondary N) is 1. The molecule has 1 saturated heterocycles. The smallest absolute Gasteiger partial charge is 0.252 e. The van der Waals surface area contributed by atoms with Crippen molar-refractivity contribution < 1.29 is 22.7 Å². The summed E-state index contributed by atoms with van der Waals surface area (Å²) in [5.74, 6) is 6.02. The average Bonchev–Trinajstić information content (AvgIpc) is 2.77. The van der Waals surface area contributed by atoms with Crippen LogP contribution in [0.2, 0.25) is 0 Å². The molecule has 2 aromatic rings. The van der Waals surface area contributed by atoms with Crippen molar-refractivity contribution in [2.45, 2.75) is 4.90 Å². The lowest BCUT2D eigenvalue weighted by atomic mass is 10.2. The number of benzene rings is 2. The Morgan fingerprint density at radius 1 is 1.13 bits per heavy atom. The first kappa shape index (κ1) is 22.3. The number of nitrogens with zero attached hydrogens (tertiary/aromatic N) is 1. The van der Waals surface area contributed by atoms with Gasteiger partial charge in [0.15, 0.2) is 0 Å². The average molecular weight is 493 g/mol. The van der Waals surface area contributed by atoms with Crippen molar-refractivity contribution >= 4 is 31.9 Å². The molecule has 1 aliphatic rings. The molecule has 0 saturated carbocycles. The Labute approximate surface area is 184 Å². The van der Waals surface area contributed by atoms with Crippen molar-refractivity contribution in [2.24, 2.45) is 0 Å². The van der Waals surface area contributed by atoms with Crippen molar-refractivity contribution in [3.63, 3.8) is 0 Å². The second-order valence-corrected chi connectivity index (χ2v) is 9.18. The zero-order valence-electron chi connectivity index (χ0n) is 16.1. The molecule has 9 heteroatoms. The molecule has 30 heavy (non-hydrogen) atoms. The molecule has 1 heterocycles. The summed E-state index contributed by atoms with van der Waals surface area (Å²) in [6, 6.07) is 13.3. The lowest BCUT2D eigenvalue weighted by Gasteiger charge is -2.26. The minimum Gasteiger partial charge on any atom is -0.481 e. The molecule has 0 spiro atoms. The fraction of sp³-hybridized carbons (Fsp3) is 0.286. The van der Waals surface area contributed by atoms with Crippen LogP contribution in [0.15, 0.2) is 57.9 Å². The number of amides is 1. The Morgan fingerprint density at radius 3 is 2.57 bits per heavy atom. The highest BCUT2D eigenvalue weighted by Crippen LogP contribution is 2.18. The Bertz CT molecular complexity index is 1040. The molecule has 1 N–H and O–H groups in total. The number of sulfonamides is 1. The Morgan fingerprint density at radius 2 is 1.87 bits per heavy atom. The first-order valence-electron chi connectivity index (χ1n) is 9.27. The summed E-state index contributed by atoms with van der Waals surface area (Å²) in [6.45, 7) is 1.79. The van der Waals surface area contributed by atoms with Crippen LogP contribution in [-0.4, -0.2) is 58.1 Å². The van der Waals surface area contributed by atoms with E-state index in [1.54, 1.807) is 0 Å². The van der Waals surface area contributed by atoms with Gasteiger partial charge in [-0.05, 0) is 42.5 Å². The second kappa shape index (κ2) is 10.6. The zero-order chi connectivity index (χ0) is 21.4. The highest BCUT2D eigenvalue weighted by molar-refractivity contribution is 9.10. The number of hydrogen-bond acceptors (Lipinski definition) is 5. The van der Waals surface area contributed by atoms with Crippen LogP contribution >= 0.6 is 15.9 Å². The quantitative estimate of drug-likeness (QED) is 0.625. The van der Waals surface area contributed by atoms with E-state index in [4.69, 9.17) is 9.47 Å². The molecule has 2 aromatic carbocycles. The first-order valence-corrected chi connectivity index (χ1v) is 11.5. The van der Waals surface area contributed by atoms with Gasteiger partial charge in [0, 0.05) is 23.1 Å². The highest BCUT2D eigenvalue weighted by atomic mass is 79.9. The third kappa shape index (κ3) is 6.06. The summed E-state index contributed by atoms with van der Waals surface area (Å²) in [6.07, 6.45) is 0.